The molecule has 1 aromatic carbocycles. The third kappa shape index (κ3) is 3.33. The van der Waals surface area contributed by atoms with Gasteiger partial charge >= 0.3 is 0 Å². The van der Waals surface area contributed by atoms with E-state index in [1.165, 1.54) is 0 Å². The number of hydrogen-bond acceptors (Lipinski definition) is 1. The van der Waals surface area contributed by atoms with Crippen LogP contribution in [0.1, 0.15) is 31.0 Å². The fourth-order valence-electron chi connectivity index (χ4n) is 2.01. The van der Waals surface area contributed by atoms with Gasteiger partial charge in [-0.3, -0.25) is 0 Å². The van der Waals surface area contributed by atoms with Crippen LogP contribution in [0.2, 0.25) is 10.0 Å². The van der Waals surface area contributed by atoms with Crippen molar-refractivity contribution in [3.63, 3.8) is 0 Å². The maximum absolute atomic E-state index is 6.19. The van der Waals surface area contributed by atoms with Crippen molar-refractivity contribution < 1.29 is 0 Å². The van der Waals surface area contributed by atoms with E-state index in [4.69, 9.17) is 28.9 Å². The Morgan fingerprint density at radius 2 is 1.95 bits per heavy atom. The molecule has 0 radical (unpaired) electrons. The first-order chi connectivity index (χ1) is 8.99. The van der Waals surface area contributed by atoms with Crippen molar-refractivity contribution in [3.8, 4) is 0 Å². The van der Waals surface area contributed by atoms with E-state index in [1.54, 1.807) is 6.07 Å². The quantitative estimate of drug-likeness (QED) is 0.885. The minimum Gasteiger partial charge on any atom is -0.350 e. The van der Waals surface area contributed by atoms with Gasteiger partial charge < -0.3 is 10.3 Å². The summed E-state index contributed by atoms with van der Waals surface area (Å²) >= 11 is 12.2. The number of hydrogen-bond donors (Lipinski definition) is 1. The summed E-state index contributed by atoms with van der Waals surface area (Å²) in [5, 5.41) is 1.21. The molecule has 0 aliphatic carbocycles. The molecule has 0 saturated heterocycles. The van der Waals surface area contributed by atoms with Crippen LogP contribution in [-0.4, -0.2) is 4.57 Å². The maximum Gasteiger partial charge on any atom is 0.0642 e. The smallest absolute Gasteiger partial charge is 0.0642 e. The lowest BCUT2D eigenvalue weighted by Crippen LogP contribution is -2.15. The van der Waals surface area contributed by atoms with Crippen LogP contribution in [0.15, 0.2) is 36.7 Å². The van der Waals surface area contributed by atoms with E-state index in [0.717, 1.165) is 11.1 Å². The summed E-state index contributed by atoms with van der Waals surface area (Å²) < 4.78 is 2.08. The van der Waals surface area contributed by atoms with Gasteiger partial charge in [0.25, 0.3) is 0 Å². The normalized spacial score (nSPS) is 12.9. The Bertz CT molecular complexity index is 561. The van der Waals surface area contributed by atoms with Gasteiger partial charge in [-0.25, -0.2) is 0 Å². The number of aromatic nitrogens is 1. The largest absolute Gasteiger partial charge is 0.350 e. The molecule has 0 aliphatic heterocycles. The molecule has 0 saturated carbocycles. The predicted molar refractivity (Wildman–Crippen MR) is 81.8 cm³/mol. The lowest BCUT2D eigenvalue weighted by atomic mass is 10.00. The lowest BCUT2D eigenvalue weighted by molar-refractivity contribution is 0.513. The first-order valence-corrected chi connectivity index (χ1v) is 7.08. The third-order valence-corrected chi connectivity index (χ3v) is 4.12. The molecule has 19 heavy (non-hydrogen) atoms. The fraction of sp³-hybridized carbons (Fsp3) is 0.333. The van der Waals surface area contributed by atoms with Crippen molar-refractivity contribution in [1.29, 1.82) is 0 Å². The van der Waals surface area contributed by atoms with Gasteiger partial charge in [0.1, 0.15) is 0 Å². The van der Waals surface area contributed by atoms with Crippen LogP contribution in [-0.2, 0) is 6.54 Å². The molecule has 1 heterocycles. The van der Waals surface area contributed by atoms with Crippen molar-refractivity contribution >= 4 is 23.2 Å². The van der Waals surface area contributed by atoms with Gasteiger partial charge in [-0.1, -0.05) is 49.2 Å². The predicted octanol–water partition coefficient (Wildman–Crippen LogP) is 4.50. The summed E-state index contributed by atoms with van der Waals surface area (Å²) in [6.45, 7) is 4.94. The zero-order valence-corrected chi connectivity index (χ0v) is 12.6. The van der Waals surface area contributed by atoms with Crippen molar-refractivity contribution in [2.24, 2.45) is 11.7 Å². The second-order valence-corrected chi connectivity index (χ2v) is 5.89. The van der Waals surface area contributed by atoms with Crippen LogP contribution in [0.25, 0.3) is 0 Å². The number of nitrogens with two attached hydrogens (primary N) is 1. The Kier molecular flexibility index (Phi) is 4.56. The van der Waals surface area contributed by atoms with Gasteiger partial charge in [0.15, 0.2) is 0 Å². The molecule has 2 nitrogen and oxygen atoms in total. The third-order valence-electron chi connectivity index (χ3n) is 3.26. The molecule has 0 amide bonds. The Balaban J connectivity index is 2.18. The van der Waals surface area contributed by atoms with Crippen molar-refractivity contribution in [2.75, 3.05) is 0 Å². The zero-order valence-electron chi connectivity index (χ0n) is 11.1. The van der Waals surface area contributed by atoms with Gasteiger partial charge in [0, 0.05) is 25.0 Å². The standard InChI is InChI=1S/C15H18Cl2N2/c1-10(2)15(18)12-6-7-19(9-12)8-11-4-3-5-13(16)14(11)17/h3-7,9-10,15H,8,18H2,1-2H3. The monoisotopic (exact) mass is 296 g/mol. The minimum absolute atomic E-state index is 0.0658. The first-order valence-electron chi connectivity index (χ1n) is 6.33. The molecule has 4 heteroatoms. The van der Waals surface area contributed by atoms with Gasteiger partial charge in [0.05, 0.1) is 10.0 Å². The van der Waals surface area contributed by atoms with Gasteiger partial charge in [0.2, 0.25) is 0 Å². The molecule has 1 atom stereocenters. The molecule has 2 rings (SSSR count). The van der Waals surface area contributed by atoms with E-state index in [0.29, 0.717) is 22.5 Å². The van der Waals surface area contributed by atoms with E-state index in [-0.39, 0.29) is 6.04 Å². The second-order valence-electron chi connectivity index (χ2n) is 5.10. The van der Waals surface area contributed by atoms with Crippen molar-refractivity contribution in [2.45, 2.75) is 26.4 Å². The molecular weight excluding hydrogens is 279 g/mol. The minimum atomic E-state index is 0.0658. The average molecular weight is 297 g/mol. The van der Waals surface area contributed by atoms with Crippen molar-refractivity contribution in [3.05, 3.63) is 57.8 Å². The molecule has 0 bridgehead atoms. The average Bonchev–Trinajstić information content (AvgIpc) is 2.82. The van der Waals surface area contributed by atoms with E-state index >= 15 is 0 Å². The van der Waals surface area contributed by atoms with Crippen LogP contribution in [0, 0.1) is 5.92 Å². The highest BCUT2D eigenvalue weighted by Crippen LogP contribution is 2.26. The molecule has 1 unspecified atom stereocenters. The second kappa shape index (κ2) is 6.00. The fourth-order valence-corrected chi connectivity index (χ4v) is 2.39. The summed E-state index contributed by atoms with van der Waals surface area (Å²) in [7, 11) is 0. The summed E-state index contributed by atoms with van der Waals surface area (Å²) in [4.78, 5) is 0. The number of benzene rings is 1. The van der Waals surface area contributed by atoms with Gasteiger partial charge in [-0.2, -0.15) is 0 Å². The zero-order chi connectivity index (χ0) is 14.0. The molecule has 0 fully saturated rings. The SMILES string of the molecule is CC(C)C(N)c1ccn(Cc2cccc(Cl)c2Cl)c1. The molecular formula is C15H18Cl2N2. The van der Waals surface area contributed by atoms with Crippen LogP contribution in [0.3, 0.4) is 0 Å². The molecule has 0 spiro atoms. The lowest BCUT2D eigenvalue weighted by Gasteiger charge is -2.13. The summed E-state index contributed by atoms with van der Waals surface area (Å²) in [5.74, 6) is 0.422. The number of nitrogens with zero attached hydrogens (tertiary/aromatic N) is 1. The Morgan fingerprint density at radius 3 is 2.63 bits per heavy atom. The Labute approximate surface area is 124 Å². The van der Waals surface area contributed by atoms with E-state index in [2.05, 4.69) is 30.7 Å². The summed E-state index contributed by atoms with van der Waals surface area (Å²) in [6, 6.07) is 7.81. The van der Waals surface area contributed by atoms with E-state index < -0.39 is 0 Å². The Hall–Kier alpha value is -0.960. The topological polar surface area (TPSA) is 30.9 Å². The number of halogens is 2. The van der Waals surface area contributed by atoms with Crippen molar-refractivity contribution in [1.82, 2.24) is 4.57 Å². The molecule has 102 valence electrons. The van der Waals surface area contributed by atoms with Gasteiger partial charge in [-0.15, -0.1) is 0 Å². The Morgan fingerprint density at radius 1 is 1.21 bits per heavy atom. The molecule has 1 aromatic heterocycles. The highest BCUT2D eigenvalue weighted by Gasteiger charge is 2.12. The van der Waals surface area contributed by atoms with Crippen LogP contribution in [0.4, 0.5) is 0 Å². The highest BCUT2D eigenvalue weighted by atomic mass is 35.5. The number of rotatable bonds is 4. The van der Waals surface area contributed by atoms with Gasteiger partial charge in [-0.05, 0) is 29.2 Å². The first kappa shape index (κ1) is 14.4. The molecule has 0 aliphatic rings. The van der Waals surface area contributed by atoms with E-state index in [1.807, 2.05) is 18.3 Å². The summed E-state index contributed by atoms with van der Waals surface area (Å²) in [6.07, 6.45) is 4.09. The summed E-state index contributed by atoms with van der Waals surface area (Å²) in [5.41, 5.74) is 8.29. The highest BCUT2D eigenvalue weighted by molar-refractivity contribution is 6.42. The maximum atomic E-state index is 6.19. The van der Waals surface area contributed by atoms with Crippen LogP contribution in [0.5, 0.6) is 0 Å². The molecule has 2 N–H and O–H groups in total. The van der Waals surface area contributed by atoms with Crippen LogP contribution >= 0.6 is 23.2 Å². The van der Waals surface area contributed by atoms with Crippen LogP contribution < -0.4 is 5.73 Å². The molecule has 2 aromatic rings. The van der Waals surface area contributed by atoms with E-state index in [9.17, 15) is 0 Å².